The van der Waals surface area contributed by atoms with Crippen molar-refractivity contribution in [2.75, 3.05) is 13.7 Å². The molecule has 0 unspecified atom stereocenters. The molecule has 4 nitrogen and oxygen atoms in total. The smallest absolute Gasteiger partial charge is 0.135 e. The lowest BCUT2D eigenvalue weighted by atomic mass is 9.82. The summed E-state index contributed by atoms with van der Waals surface area (Å²) in [7, 11) is 1.70. The summed E-state index contributed by atoms with van der Waals surface area (Å²) in [5, 5.41) is 3.08. The van der Waals surface area contributed by atoms with Gasteiger partial charge in [0.15, 0.2) is 0 Å². The van der Waals surface area contributed by atoms with E-state index in [0.717, 1.165) is 82.8 Å². The molecule has 426 valence electrons. The Bertz CT molecular complexity index is 4310. The summed E-state index contributed by atoms with van der Waals surface area (Å²) in [6, 6.07) is 52.9. The van der Waals surface area contributed by atoms with Gasteiger partial charge >= 0.3 is 0 Å². The van der Waals surface area contributed by atoms with Crippen LogP contribution in [0.2, 0.25) is 0 Å². The van der Waals surface area contributed by atoms with E-state index in [-0.39, 0.29) is 10.8 Å². The summed E-state index contributed by atoms with van der Waals surface area (Å²) in [5.74, 6) is 1.74. The number of methoxy groups -OCH3 is 1. The number of benzene rings is 7. The lowest BCUT2D eigenvalue weighted by molar-refractivity contribution is 0.411. The minimum Gasteiger partial charge on any atom is -0.496 e. The highest BCUT2D eigenvalue weighted by Gasteiger charge is 2.36. The van der Waals surface area contributed by atoms with Gasteiger partial charge in [-0.25, -0.2) is 0 Å². The molecule has 7 aromatic carbocycles. The fourth-order valence-corrected chi connectivity index (χ4v) is 11.9. The van der Waals surface area contributed by atoms with Crippen LogP contribution < -0.4 is 26.0 Å². The Morgan fingerprint density at radius 2 is 1.14 bits per heavy atom. The predicted molar refractivity (Wildman–Crippen MR) is 364 cm³/mol. The molecular formula is C80H83NO3. The van der Waals surface area contributed by atoms with Crippen LogP contribution in [-0.4, -0.2) is 19.4 Å². The van der Waals surface area contributed by atoms with E-state index >= 15 is 0 Å². The van der Waals surface area contributed by atoms with E-state index in [9.17, 15) is 0 Å². The molecule has 0 spiro atoms. The summed E-state index contributed by atoms with van der Waals surface area (Å²) >= 11 is 0. The van der Waals surface area contributed by atoms with Gasteiger partial charge in [0.25, 0.3) is 0 Å². The number of aliphatic imine (C=N–C) groups is 1. The lowest BCUT2D eigenvalue weighted by Crippen LogP contribution is -2.23. The second kappa shape index (κ2) is 26.5. The van der Waals surface area contributed by atoms with E-state index < -0.39 is 0 Å². The molecule has 0 radical (unpaired) electrons. The number of furan rings is 2. The zero-order valence-corrected chi connectivity index (χ0v) is 52.1. The molecule has 0 N–H and O–H groups in total. The molecule has 2 aliphatic rings. The Morgan fingerprint density at radius 3 is 1.75 bits per heavy atom. The number of fused-ring (bicyclic) bond motifs is 7. The molecule has 11 rings (SSSR count). The fraction of sp³-hybridized carbons (Fsp3) is 0.212. The molecule has 0 atom stereocenters. The standard InChI is InChI=1S/C45H41NO2.C21H22.C12H14O.C2H6/c1-8-13-43-44(28(2)27-46-30(4)35-17-12-19-41(47-7)29(35)3)38-26-34(21-23-42(38)48-43)32-15-11-14-31(24-32)33-20-22-40-37(25-33)36-16-9-10-18-39(36)45(40,5)6;1-5-9-15(6-2)16-12-13-20-18(14-16)17-10-7-8-11-19(17)21(20,3)4;1-5-7-11-9(3)10(4)12(13-11)8-6-2;1-2/h8-26H,1,27H2,2-7H3;5-14H,1-4H3;5-8H,1,3H2,2,4H3;1-2H3/b43-13+,44-28+,46-30?;9-5-,15-6+;8-6-,11-7+;. The average Bonchev–Trinajstić information content (AvgIpc) is 2.63. The van der Waals surface area contributed by atoms with Crippen LogP contribution in [0.1, 0.15) is 126 Å². The number of ether oxygens (including phenoxy) is 1. The molecule has 84 heavy (non-hydrogen) atoms. The number of nitrogens with zero attached hydrogens (tertiary/aromatic N) is 1. The zero-order valence-electron chi connectivity index (χ0n) is 52.1. The molecule has 2 aliphatic carbocycles. The predicted octanol–water partition coefficient (Wildman–Crippen LogP) is 19.0. The van der Waals surface area contributed by atoms with Gasteiger partial charge in [0, 0.05) is 49.1 Å². The van der Waals surface area contributed by atoms with Crippen molar-refractivity contribution >= 4 is 52.6 Å². The monoisotopic (exact) mass is 1110 g/mol. The molecule has 0 saturated heterocycles. The average molecular weight is 1110 g/mol. The van der Waals surface area contributed by atoms with Crippen molar-refractivity contribution in [2.45, 2.75) is 101 Å². The first-order valence-corrected chi connectivity index (χ1v) is 29.4. The Labute approximate surface area is 500 Å². The Kier molecular flexibility index (Phi) is 19.3. The number of allylic oxidation sites excluding steroid dienone is 7. The maximum atomic E-state index is 6.36. The second-order valence-corrected chi connectivity index (χ2v) is 22.3. The summed E-state index contributed by atoms with van der Waals surface area (Å²) in [6.07, 6.45) is 17.6. The lowest BCUT2D eigenvalue weighted by Gasteiger charge is -2.21. The van der Waals surface area contributed by atoms with Crippen LogP contribution in [0.25, 0.3) is 91.4 Å². The van der Waals surface area contributed by atoms with Crippen molar-refractivity contribution in [3.8, 4) is 50.3 Å². The van der Waals surface area contributed by atoms with E-state index in [0.29, 0.717) is 6.54 Å². The number of rotatable bonds is 11. The largest absolute Gasteiger partial charge is 0.496 e. The highest BCUT2D eigenvalue weighted by molar-refractivity contribution is 6.01. The molecule has 0 amide bonds. The van der Waals surface area contributed by atoms with E-state index in [1.807, 2.05) is 64.1 Å². The Hall–Kier alpha value is -8.99. The van der Waals surface area contributed by atoms with Gasteiger partial charge in [-0.15, -0.1) is 0 Å². The van der Waals surface area contributed by atoms with Crippen LogP contribution in [0.5, 0.6) is 5.75 Å². The summed E-state index contributed by atoms with van der Waals surface area (Å²) in [6.45, 7) is 39.7. The van der Waals surface area contributed by atoms with E-state index in [2.05, 4.69) is 234 Å². The Balaban J connectivity index is 0.000000208. The van der Waals surface area contributed by atoms with E-state index in [4.69, 9.17) is 18.6 Å². The van der Waals surface area contributed by atoms with Gasteiger partial charge in [0.2, 0.25) is 0 Å². The summed E-state index contributed by atoms with van der Waals surface area (Å²) < 4.78 is 17.5. The van der Waals surface area contributed by atoms with Crippen molar-refractivity contribution in [2.24, 2.45) is 4.99 Å². The molecule has 0 fully saturated rings. The molecule has 0 aliphatic heterocycles. The number of hydrogen-bond donors (Lipinski definition) is 0. The topological polar surface area (TPSA) is 47.9 Å². The first kappa shape index (κ1) is 61.1. The molecule has 0 saturated carbocycles. The van der Waals surface area contributed by atoms with Crippen molar-refractivity contribution in [1.82, 2.24) is 0 Å². The first-order chi connectivity index (χ1) is 40.5. The normalized spacial score (nSPS) is 14.4. The fourth-order valence-electron chi connectivity index (χ4n) is 11.9. The van der Waals surface area contributed by atoms with Gasteiger partial charge in [-0.05, 0) is 187 Å². The van der Waals surface area contributed by atoms with Crippen LogP contribution >= 0.6 is 0 Å². The molecule has 0 bridgehead atoms. The maximum absolute atomic E-state index is 6.36. The maximum Gasteiger partial charge on any atom is 0.135 e. The quantitative estimate of drug-likeness (QED) is 0.0958. The van der Waals surface area contributed by atoms with Gasteiger partial charge in [-0.1, -0.05) is 207 Å². The number of hydrogen-bond acceptors (Lipinski definition) is 4. The molecule has 2 aromatic heterocycles. The van der Waals surface area contributed by atoms with Crippen molar-refractivity contribution < 1.29 is 13.6 Å². The van der Waals surface area contributed by atoms with Gasteiger partial charge in [0.05, 0.1) is 13.7 Å². The minimum absolute atomic E-state index is 0.000902. The van der Waals surface area contributed by atoms with Crippen LogP contribution in [0.15, 0.2) is 209 Å². The van der Waals surface area contributed by atoms with Gasteiger partial charge in [-0.3, -0.25) is 4.99 Å². The minimum atomic E-state index is -0.000902. The van der Waals surface area contributed by atoms with E-state index in [1.165, 1.54) is 66.8 Å². The summed E-state index contributed by atoms with van der Waals surface area (Å²) in [5.41, 5.74) is 26.3. The van der Waals surface area contributed by atoms with Crippen molar-refractivity contribution in [3.63, 3.8) is 0 Å². The van der Waals surface area contributed by atoms with Crippen molar-refractivity contribution in [3.05, 3.63) is 267 Å². The van der Waals surface area contributed by atoms with Crippen LogP contribution in [0, 0.1) is 13.8 Å². The third-order valence-electron chi connectivity index (χ3n) is 16.5. The zero-order chi connectivity index (χ0) is 60.5. The highest BCUT2D eigenvalue weighted by Crippen LogP contribution is 2.51. The van der Waals surface area contributed by atoms with Gasteiger partial charge in [0.1, 0.15) is 27.9 Å². The molecule has 4 heteroatoms. The van der Waals surface area contributed by atoms with Gasteiger partial charge < -0.3 is 13.6 Å². The molecular weight excluding hydrogens is 1020 g/mol. The molecule has 2 heterocycles. The SMILES string of the molecule is C/C=C\C(=C/C)c1ccc2c(c1)-c1ccccc1C2(C)C.C=C/C=c1/oc(/C=C\C)c(C)c1=C.C=C/C=c1/oc2ccc(-c3cccc(-c4ccc5c(c4)-c4ccccc4C5(C)C)c3)cc2/c1=C(/C)CN=C(C)c1cccc(OC)c1C.CC. The van der Waals surface area contributed by atoms with Crippen LogP contribution in [0.4, 0.5) is 0 Å². The first-order valence-electron chi connectivity index (χ1n) is 29.4. The molecule has 9 aromatic rings. The van der Waals surface area contributed by atoms with E-state index in [1.54, 1.807) is 19.3 Å². The van der Waals surface area contributed by atoms with Crippen molar-refractivity contribution in [1.29, 1.82) is 0 Å². The van der Waals surface area contributed by atoms with Crippen LogP contribution in [0.3, 0.4) is 0 Å². The Morgan fingerprint density at radius 1 is 0.583 bits per heavy atom. The van der Waals surface area contributed by atoms with Crippen LogP contribution in [-0.2, 0) is 10.8 Å². The third-order valence-corrected chi connectivity index (χ3v) is 16.5. The highest BCUT2D eigenvalue weighted by atomic mass is 16.5. The van der Waals surface area contributed by atoms with Gasteiger partial charge in [-0.2, -0.15) is 0 Å². The second-order valence-electron chi connectivity index (χ2n) is 22.3. The summed E-state index contributed by atoms with van der Waals surface area (Å²) in [4.78, 5) is 5.01. The third kappa shape index (κ3) is 12.1.